The Balaban J connectivity index is 2.00. The molecule has 0 aromatic heterocycles. The van der Waals surface area contributed by atoms with Gasteiger partial charge in [0.05, 0.1) is 37.8 Å². The molecule has 0 saturated carbocycles. The highest BCUT2D eigenvalue weighted by Crippen LogP contribution is 2.52. The zero-order valence-electron chi connectivity index (χ0n) is 22.0. The summed E-state index contributed by atoms with van der Waals surface area (Å²) >= 11 is 0. The lowest BCUT2D eigenvalue weighted by atomic mass is 9.76. The van der Waals surface area contributed by atoms with Crippen LogP contribution in [0.5, 0.6) is 11.5 Å². The van der Waals surface area contributed by atoms with Crippen LogP contribution >= 0.6 is 0 Å². The van der Waals surface area contributed by atoms with Gasteiger partial charge in [-0.3, -0.25) is 9.59 Å². The first-order valence-corrected chi connectivity index (χ1v) is 12.3. The Kier molecular flexibility index (Phi) is 8.46. The van der Waals surface area contributed by atoms with Gasteiger partial charge in [0.25, 0.3) is 0 Å². The maximum Gasteiger partial charge on any atom is 0.327 e. The summed E-state index contributed by atoms with van der Waals surface area (Å²) in [5, 5.41) is 19.7. The molecule has 4 rings (SSSR count). The molecule has 0 spiro atoms. The third-order valence-corrected chi connectivity index (χ3v) is 7.08. The van der Waals surface area contributed by atoms with Gasteiger partial charge in [-0.1, -0.05) is 30.3 Å². The third-order valence-electron chi connectivity index (χ3n) is 7.08. The number of benzene rings is 3. The van der Waals surface area contributed by atoms with Crippen molar-refractivity contribution in [2.45, 2.75) is 18.0 Å². The molecule has 4 unspecified atom stereocenters. The van der Waals surface area contributed by atoms with E-state index in [2.05, 4.69) is 0 Å². The number of ketones is 1. The summed E-state index contributed by atoms with van der Waals surface area (Å²) in [6.07, 6.45) is 0. The number of halogens is 1. The van der Waals surface area contributed by atoms with Gasteiger partial charge in [-0.15, -0.1) is 0 Å². The van der Waals surface area contributed by atoms with Crippen LogP contribution in [0.15, 0.2) is 66.7 Å². The number of aliphatic carboxylic acids is 1. The lowest BCUT2D eigenvalue weighted by molar-refractivity contribution is -0.151. The van der Waals surface area contributed by atoms with E-state index in [1.54, 1.807) is 18.2 Å². The van der Waals surface area contributed by atoms with Crippen LogP contribution in [0.3, 0.4) is 0 Å². The zero-order chi connectivity index (χ0) is 29.0. The Hall–Kier alpha value is -4.75. The highest BCUT2D eigenvalue weighted by Gasteiger charge is 2.57. The van der Waals surface area contributed by atoms with Crippen molar-refractivity contribution >= 4 is 17.7 Å². The number of likely N-dealkylation sites (tertiary alicyclic amines) is 1. The maximum atomic E-state index is 14.3. The molecule has 1 amide bonds. The predicted octanol–water partition coefficient (Wildman–Crippen LogP) is 3.98. The van der Waals surface area contributed by atoms with E-state index < -0.39 is 54.0 Å². The number of hydrogen-bond donors (Lipinski definition) is 1. The summed E-state index contributed by atoms with van der Waals surface area (Å²) in [6.45, 7) is -0.433. The number of methoxy groups -OCH3 is 3. The van der Waals surface area contributed by atoms with E-state index >= 15 is 0 Å². The second kappa shape index (κ2) is 12.0. The minimum absolute atomic E-state index is 0.228. The highest BCUT2D eigenvalue weighted by molar-refractivity contribution is 6.01. The van der Waals surface area contributed by atoms with E-state index in [9.17, 15) is 29.1 Å². The van der Waals surface area contributed by atoms with Crippen molar-refractivity contribution in [3.63, 3.8) is 0 Å². The van der Waals surface area contributed by atoms with Crippen molar-refractivity contribution in [3.05, 3.63) is 94.8 Å². The molecule has 4 atom stereocenters. The molecule has 40 heavy (non-hydrogen) atoms. The molecule has 1 fully saturated rings. The lowest BCUT2D eigenvalue weighted by Gasteiger charge is -2.30. The molecule has 0 bridgehead atoms. The van der Waals surface area contributed by atoms with E-state index in [1.165, 1.54) is 69.9 Å². The Bertz CT molecular complexity index is 1450. The van der Waals surface area contributed by atoms with Gasteiger partial charge < -0.3 is 24.2 Å². The normalized spacial score (nSPS) is 20.0. The molecule has 1 saturated heterocycles. The quantitative estimate of drug-likeness (QED) is 0.400. The van der Waals surface area contributed by atoms with E-state index in [4.69, 9.17) is 14.2 Å². The van der Waals surface area contributed by atoms with Crippen LogP contribution in [0.2, 0.25) is 0 Å². The van der Waals surface area contributed by atoms with Crippen LogP contribution < -0.4 is 9.47 Å². The second-order valence-corrected chi connectivity index (χ2v) is 9.23. The molecule has 0 radical (unpaired) electrons. The van der Waals surface area contributed by atoms with E-state index in [-0.39, 0.29) is 5.56 Å². The van der Waals surface area contributed by atoms with Gasteiger partial charge >= 0.3 is 5.97 Å². The van der Waals surface area contributed by atoms with E-state index in [0.717, 1.165) is 4.90 Å². The first kappa shape index (κ1) is 28.3. The molecule has 206 valence electrons. The van der Waals surface area contributed by atoms with E-state index in [0.29, 0.717) is 28.2 Å². The molecule has 0 aliphatic carbocycles. The molecule has 1 heterocycles. The zero-order valence-corrected chi connectivity index (χ0v) is 22.0. The smallest absolute Gasteiger partial charge is 0.327 e. The molecule has 9 nitrogen and oxygen atoms in total. The molecule has 3 aromatic carbocycles. The van der Waals surface area contributed by atoms with Gasteiger partial charge in [-0.05, 0) is 47.5 Å². The topological polar surface area (TPSA) is 126 Å². The minimum atomic E-state index is -1.48. The Labute approximate surface area is 230 Å². The average molecular weight is 547 g/mol. The number of Topliss-reactive ketones (excluding diaryl/α,β-unsaturated/α-hetero) is 1. The summed E-state index contributed by atoms with van der Waals surface area (Å²) in [5.74, 6) is -4.40. The molecule has 3 aromatic rings. The number of hydrogen-bond acceptors (Lipinski definition) is 7. The van der Waals surface area contributed by atoms with Crippen molar-refractivity contribution < 1.29 is 38.1 Å². The minimum Gasteiger partial charge on any atom is -0.493 e. The maximum absolute atomic E-state index is 14.3. The molecule has 1 N–H and O–H groups in total. The van der Waals surface area contributed by atoms with Gasteiger partial charge in [0.2, 0.25) is 5.91 Å². The van der Waals surface area contributed by atoms with Crippen LogP contribution in [0, 0.1) is 23.1 Å². The summed E-state index contributed by atoms with van der Waals surface area (Å²) in [7, 11) is 4.20. The number of rotatable bonds is 9. The highest BCUT2D eigenvalue weighted by atomic mass is 19.1. The van der Waals surface area contributed by atoms with Gasteiger partial charge in [-0.2, -0.15) is 5.26 Å². The largest absolute Gasteiger partial charge is 0.493 e. The van der Waals surface area contributed by atoms with Crippen LogP contribution in [-0.4, -0.2) is 61.6 Å². The van der Waals surface area contributed by atoms with Gasteiger partial charge in [-0.25, -0.2) is 9.18 Å². The van der Waals surface area contributed by atoms with Crippen LogP contribution in [-0.2, 0) is 14.3 Å². The number of carboxylic acid groups (broad SMARTS) is 1. The molecule has 1 aliphatic heterocycles. The summed E-state index contributed by atoms with van der Waals surface area (Å²) in [6, 6.07) is 15.5. The first-order chi connectivity index (χ1) is 19.2. The molecule has 10 heteroatoms. The number of carbonyl (C=O) groups is 3. The third kappa shape index (κ3) is 5.24. The van der Waals surface area contributed by atoms with Crippen molar-refractivity contribution in [2.75, 3.05) is 27.9 Å². The number of nitrogens with zero attached hydrogens (tertiary/aromatic N) is 2. The number of carboxylic acids is 1. The van der Waals surface area contributed by atoms with Crippen LogP contribution in [0.25, 0.3) is 0 Å². The SMILES string of the molecule is COCC(=O)N1C(C(=O)O)C(c2ccc(OC)c(OC)c2)C(C(=O)c2ccc(C#N)cc2)C1c1ccc(F)cc1. The van der Waals surface area contributed by atoms with Crippen LogP contribution in [0.4, 0.5) is 4.39 Å². The summed E-state index contributed by atoms with van der Waals surface area (Å²) in [5.41, 5.74) is 1.38. The fraction of sp³-hybridized carbons (Fsp3) is 0.267. The van der Waals surface area contributed by atoms with Crippen molar-refractivity contribution in [3.8, 4) is 17.6 Å². The number of carbonyl (C=O) groups excluding carboxylic acids is 2. The Morgan fingerprint density at radius 2 is 1.55 bits per heavy atom. The van der Waals surface area contributed by atoms with Gasteiger partial charge in [0.1, 0.15) is 18.5 Å². The fourth-order valence-corrected chi connectivity index (χ4v) is 5.38. The number of nitriles is 1. The molecule has 1 aliphatic rings. The second-order valence-electron chi connectivity index (χ2n) is 9.23. The van der Waals surface area contributed by atoms with Gasteiger partial charge in [0, 0.05) is 18.6 Å². The number of amides is 1. The summed E-state index contributed by atoms with van der Waals surface area (Å²) < 4.78 is 29.8. The monoisotopic (exact) mass is 546 g/mol. The molecular formula is C30H27FN2O7. The van der Waals surface area contributed by atoms with Crippen molar-refractivity contribution in [1.82, 2.24) is 4.90 Å². The predicted molar refractivity (Wildman–Crippen MR) is 141 cm³/mol. The van der Waals surface area contributed by atoms with E-state index in [1.807, 2.05) is 6.07 Å². The van der Waals surface area contributed by atoms with Crippen LogP contribution in [0.1, 0.15) is 39.0 Å². The average Bonchev–Trinajstić information content (AvgIpc) is 3.33. The van der Waals surface area contributed by atoms with Crippen molar-refractivity contribution in [1.29, 1.82) is 5.26 Å². The Morgan fingerprint density at radius 3 is 2.10 bits per heavy atom. The lowest BCUT2D eigenvalue weighted by Crippen LogP contribution is -2.45. The first-order valence-electron chi connectivity index (χ1n) is 12.3. The number of ether oxygens (including phenoxy) is 3. The fourth-order valence-electron chi connectivity index (χ4n) is 5.38. The standard InChI is InChI=1S/C30H27FN2O7/c1-38-16-24(34)33-27(18-8-11-21(31)12-9-18)26(29(35)19-6-4-17(15-32)5-7-19)25(28(33)30(36)37)20-10-13-22(39-2)23(14-20)40-3/h4-14,25-28H,16H2,1-3H3,(H,36,37). The Morgan fingerprint density at radius 1 is 0.925 bits per heavy atom. The van der Waals surface area contributed by atoms with Gasteiger partial charge in [0.15, 0.2) is 17.3 Å². The molecular weight excluding hydrogens is 519 g/mol. The van der Waals surface area contributed by atoms with Crippen molar-refractivity contribution in [2.24, 2.45) is 5.92 Å². The summed E-state index contributed by atoms with van der Waals surface area (Å²) in [4.78, 5) is 41.8.